The summed E-state index contributed by atoms with van der Waals surface area (Å²) in [5, 5.41) is 9.83. The van der Waals surface area contributed by atoms with E-state index >= 15 is 0 Å². The minimum Gasteiger partial charge on any atom is -0.481 e. The Morgan fingerprint density at radius 2 is 2.21 bits per heavy atom. The van der Waals surface area contributed by atoms with Crippen molar-refractivity contribution in [2.45, 2.75) is 25.8 Å². The minimum atomic E-state index is -0.678. The van der Waals surface area contributed by atoms with E-state index in [1.165, 1.54) is 11.1 Å². The Bertz CT molecular complexity index is 511. The highest BCUT2D eigenvalue weighted by Gasteiger charge is 2.40. The molecule has 1 heterocycles. The fraction of sp³-hybridized carbons (Fsp3) is 0.533. The van der Waals surface area contributed by atoms with Gasteiger partial charge in [0.2, 0.25) is 0 Å². The molecule has 0 spiro atoms. The summed E-state index contributed by atoms with van der Waals surface area (Å²) in [5.41, 5.74) is 2.73. The number of fused-ring (bicyclic) bond motifs is 1. The number of aryl methyl sites for hydroxylation is 1. The molecule has 0 bridgehead atoms. The normalized spacial score (nSPS) is 24.8. The summed E-state index contributed by atoms with van der Waals surface area (Å²) < 4.78 is 0. The summed E-state index contributed by atoms with van der Waals surface area (Å²) >= 11 is 6.02. The second-order valence-electron chi connectivity index (χ2n) is 5.74. The van der Waals surface area contributed by atoms with Crippen LogP contribution in [-0.4, -0.2) is 29.1 Å². The zero-order valence-electron chi connectivity index (χ0n) is 11.0. The van der Waals surface area contributed by atoms with Gasteiger partial charge in [-0.2, -0.15) is 0 Å². The van der Waals surface area contributed by atoms with Crippen molar-refractivity contribution in [3.05, 3.63) is 34.3 Å². The third kappa shape index (κ3) is 2.26. The Morgan fingerprint density at radius 3 is 2.89 bits per heavy atom. The number of aliphatic carboxylic acids is 1. The zero-order chi connectivity index (χ0) is 13.6. The SMILES string of the molecule is CC(C(=O)O)C1CN(C2CCc3cc(Cl)ccc32)C1. The van der Waals surface area contributed by atoms with E-state index in [0.717, 1.165) is 31.0 Å². The average Bonchev–Trinajstić information content (AvgIpc) is 2.70. The van der Waals surface area contributed by atoms with E-state index in [1.54, 1.807) is 0 Å². The summed E-state index contributed by atoms with van der Waals surface area (Å²) in [6.45, 7) is 3.62. The summed E-state index contributed by atoms with van der Waals surface area (Å²) in [4.78, 5) is 13.4. The van der Waals surface area contributed by atoms with Gasteiger partial charge in [0, 0.05) is 24.2 Å². The topological polar surface area (TPSA) is 40.5 Å². The molecule has 1 N–H and O–H groups in total. The lowest BCUT2D eigenvalue weighted by atomic mass is 9.85. The van der Waals surface area contributed by atoms with Gasteiger partial charge in [-0.1, -0.05) is 24.6 Å². The lowest BCUT2D eigenvalue weighted by Gasteiger charge is -2.45. The molecule has 3 nitrogen and oxygen atoms in total. The molecule has 1 aromatic rings. The predicted molar refractivity (Wildman–Crippen MR) is 74.4 cm³/mol. The van der Waals surface area contributed by atoms with Gasteiger partial charge < -0.3 is 5.11 Å². The summed E-state index contributed by atoms with van der Waals surface area (Å²) in [5.74, 6) is -0.612. The van der Waals surface area contributed by atoms with E-state index in [9.17, 15) is 4.79 Å². The van der Waals surface area contributed by atoms with Crippen LogP contribution in [0.3, 0.4) is 0 Å². The maximum absolute atomic E-state index is 11.0. The first-order valence-corrected chi connectivity index (χ1v) is 7.19. The van der Waals surface area contributed by atoms with Gasteiger partial charge in [-0.25, -0.2) is 0 Å². The van der Waals surface area contributed by atoms with Crippen molar-refractivity contribution in [2.75, 3.05) is 13.1 Å². The Labute approximate surface area is 118 Å². The number of nitrogens with zero attached hydrogens (tertiary/aromatic N) is 1. The molecule has 4 heteroatoms. The first-order valence-electron chi connectivity index (χ1n) is 6.81. The number of halogens is 1. The van der Waals surface area contributed by atoms with Crippen molar-refractivity contribution < 1.29 is 9.90 Å². The van der Waals surface area contributed by atoms with Gasteiger partial charge in [-0.15, -0.1) is 0 Å². The van der Waals surface area contributed by atoms with E-state index in [1.807, 2.05) is 13.0 Å². The molecule has 1 aliphatic carbocycles. The first-order chi connectivity index (χ1) is 9.06. The molecule has 3 rings (SSSR count). The molecule has 2 unspecified atom stereocenters. The van der Waals surface area contributed by atoms with E-state index in [4.69, 9.17) is 16.7 Å². The largest absolute Gasteiger partial charge is 0.481 e. The van der Waals surface area contributed by atoms with Gasteiger partial charge in [-0.05, 0) is 42.0 Å². The molecule has 0 amide bonds. The molecule has 102 valence electrons. The molecule has 1 aliphatic heterocycles. The molecule has 0 aromatic heterocycles. The number of hydrogen-bond donors (Lipinski definition) is 1. The van der Waals surface area contributed by atoms with Gasteiger partial charge in [0.25, 0.3) is 0 Å². The van der Waals surface area contributed by atoms with Crippen molar-refractivity contribution >= 4 is 17.6 Å². The van der Waals surface area contributed by atoms with Crippen LogP contribution in [-0.2, 0) is 11.2 Å². The van der Waals surface area contributed by atoms with Crippen molar-refractivity contribution in [1.29, 1.82) is 0 Å². The van der Waals surface area contributed by atoms with Gasteiger partial charge in [-0.3, -0.25) is 9.69 Å². The second-order valence-corrected chi connectivity index (χ2v) is 6.17. The van der Waals surface area contributed by atoms with E-state index in [-0.39, 0.29) is 5.92 Å². The van der Waals surface area contributed by atoms with Crippen molar-refractivity contribution in [2.24, 2.45) is 11.8 Å². The van der Waals surface area contributed by atoms with Crippen LogP contribution >= 0.6 is 11.6 Å². The molecular weight excluding hydrogens is 262 g/mol. The summed E-state index contributed by atoms with van der Waals surface area (Å²) in [6.07, 6.45) is 2.21. The van der Waals surface area contributed by atoms with Crippen LogP contribution in [0.25, 0.3) is 0 Å². The number of benzene rings is 1. The molecular formula is C15H18ClNO2. The third-order valence-electron chi connectivity index (χ3n) is 4.63. The van der Waals surface area contributed by atoms with E-state index < -0.39 is 5.97 Å². The van der Waals surface area contributed by atoms with Crippen LogP contribution in [0.15, 0.2) is 18.2 Å². The van der Waals surface area contributed by atoms with Crippen LogP contribution < -0.4 is 0 Å². The van der Waals surface area contributed by atoms with Crippen LogP contribution in [0.1, 0.15) is 30.5 Å². The Kier molecular flexibility index (Phi) is 3.27. The van der Waals surface area contributed by atoms with Gasteiger partial charge in [0.15, 0.2) is 0 Å². The maximum atomic E-state index is 11.0. The number of likely N-dealkylation sites (tertiary alicyclic amines) is 1. The third-order valence-corrected chi connectivity index (χ3v) is 4.86. The molecule has 1 aromatic carbocycles. The number of carbonyl (C=O) groups is 1. The fourth-order valence-corrected chi connectivity index (χ4v) is 3.46. The van der Waals surface area contributed by atoms with Gasteiger partial charge >= 0.3 is 5.97 Å². The Balaban J connectivity index is 1.67. The lowest BCUT2D eigenvalue weighted by molar-refractivity contribution is -0.146. The molecule has 19 heavy (non-hydrogen) atoms. The van der Waals surface area contributed by atoms with Crippen LogP contribution in [0.2, 0.25) is 5.02 Å². The van der Waals surface area contributed by atoms with E-state index in [2.05, 4.69) is 17.0 Å². The average molecular weight is 280 g/mol. The predicted octanol–water partition coefficient (Wildman–Crippen LogP) is 2.98. The minimum absolute atomic E-state index is 0.234. The van der Waals surface area contributed by atoms with E-state index in [0.29, 0.717) is 12.0 Å². The van der Waals surface area contributed by atoms with Gasteiger partial charge in [0.1, 0.15) is 0 Å². The van der Waals surface area contributed by atoms with Crippen LogP contribution in [0.5, 0.6) is 0 Å². The first kappa shape index (κ1) is 12.9. The maximum Gasteiger partial charge on any atom is 0.306 e. The number of hydrogen-bond acceptors (Lipinski definition) is 2. The quantitative estimate of drug-likeness (QED) is 0.925. The fourth-order valence-electron chi connectivity index (χ4n) is 3.26. The lowest BCUT2D eigenvalue weighted by Crippen LogP contribution is -2.51. The van der Waals surface area contributed by atoms with Crippen LogP contribution in [0.4, 0.5) is 0 Å². The monoisotopic (exact) mass is 279 g/mol. The molecule has 0 radical (unpaired) electrons. The standard InChI is InChI=1S/C15H18ClNO2/c1-9(15(18)19)11-7-17(8-11)14-5-2-10-6-12(16)3-4-13(10)14/h3-4,6,9,11,14H,2,5,7-8H2,1H3,(H,18,19). The molecule has 1 saturated heterocycles. The van der Waals surface area contributed by atoms with Crippen molar-refractivity contribution in [3.63, 3.8) is 0 Å². The number of carboxylic acids is 1. The highest BCUT2D eigenvalue weighted by atomic mass is 35.5. The second kappa shape index (κ2) is 4.80. The Hall–Kier alpha value is -1.06. The number of rotatable bonds is 3. The van der Waals surface area contributed by atoms with Crippen LogP contribution in [0, 0.1) is 11.8 Å². The molecule has 2 aliphatic rings. The highest BCUT2D eigenvalue weighted by molar-refractivity contribution is 6.30. The van der Waals surface area contributed by atoms with Gasteiger partial charge in [0.05, 0.1) is 5.92 Å². The highest BCUT2D eigenvalue weighted by Crippen LogP contribution is 2.41. The molecule has 2 atom stereocenters. The van der Waals surface area contributed by atoms with Crippen molar-refractivity contribution in [3.8, 4) is 0 Å². The molecule has 1 fully saturated rings. The smallest absolute Gasteiger partial charge is 0.306 e. The zero-order valence-corrected chi connectivity index (χ0v) is 11.7. The number of carboxylic acid groups (broad SMARTS) is 1. The summed E-state index contributed by atoms with van der Waals surface area (Å²) in [7, 11) is 0. The summed E-state index contributed by atoms with van der Waals surface area (Å²) in [6, 6.07) is 6.61. The molecule has 0 saturated carbocycles. The van der Waals surface area contributed by atoms with Crippen molar-refractivity contribution in [1.82, 2.24) is 4.90 Å². The Morgan fingerprint density at radius 1 is 1.47 bits per heavy atom.